The number of halogens is 1. The Balaban J connectivity index is 1.67. The first kappa shape index (κ1) is 26.6. The van der Waals surface area contributed by atoms with E-state index in [2.05, 4.69) is 21.2 Å². The fraction of sp³-hybridized carbons (Fsp3) is 0.167. The van der Waals surface area contributed by atoms with Crippen LogP contribution in [0.3, 0.4) is 0 Å². The van der Waals surface area contributed by atoms with Gasteiger partial charge in [0.15, 0.2) is 4.80 Å². The minimum Gasteiger partial charge on any atom is -0.497 e. The van der Waals surface area contributed by atoms with E-state index in [1.165, 1.54) is 11.3 Å². The van der Waals surface area contributed by atoms with Gasteiger partial charge in [0.25, 0.3) is 11.5 Å². The summed E-state index contributed by atoms with van der Waals surface area (Å²) in [6.07, 6.45) is 1.81. The number of methoxy groups -OCH3 is 1. The Hall–Kier alpha value is -3.95. The number of nitrogens with zero attached hydrogens (tertiary/aromatic N) is 2. The maximum absolute atomic E-state index is 13.9. The molecule has 1 aliphatic rings. The van der Waals surface area contributed by atoms with Crippen LogP contribution in [-0.4, -0.2) is 24.2 Å². The third-order valence-corrected chi connectivity index (χ3v) is 8.00. The van der Waals surface area contributed by atoms with E-state index in [0.717, 1.165) is 15.6 Å². The van der Waals surface area contributed by atoms with Gasteiger partial charge in [-0.3, -0.25) is 14.2 Å². The van der Waals surface area contributed by atoms with Crippen molar-refractivity contribution in [3.8, 4) is 11.5 Å². The average molecular weight is 605 g/mol. The Bertz CT molecular complexity index is 1740. The highest BCUT2D eigenvalue weighted by atomic mass is 79.9. The van der Waals surface area contributed by atoms with Crippen molar-refractivity contribution in [3.05, 3.63) is 119 Å². The molecule has 5 rings (SSSR count). The Morgan fingerprint density at radius 2 is 1.82 bits per heavy atom. The molecule has 0 spiro atoms. The lowest BCUT2D eigenvalue weighted by atomic mass is 9.95. The number of hydrogen-bond donors (Lipinski definition) is 1. The molecule has 9 heteroatoms. The molecule has 7 nitrogen and oxygen atoms in total. The summed E-state index contributed by atoms with van der Waals surface area (Å²) in [5, 5.41) is 2.97. The van der Waals surface area contributed by atoms with Crippen molar-refractivity contribution < 1.29 is 14.3 Å². The van der Waals surface area contributed by atoms with E-state index >= 15 is 0 Å². The van der Waals surface area contributed by atoms with Gasteiger partial charge in [0.1, 0.15) is 11.5 Å². The van der Waals surface area contributed by atoms with Gasteiger partial charge in [0.2, 0.25) is 0 Å². The minimum absolute atomic E-state index is 0.232. The van der Waals surface area contributed by atoms with Crippen LogP contribution in [-0.2, 0) is 4.79 Å². The van der Waals surface area contributed by atoms with Crippen molar-refractivity contribution in [2.24, 2.45) is 4.99 Å². The number of thiazole rings is 1. The molecule has 0 unspecified atom stereocenters. The molecule has 3 aromatic carbocycles. The third kappa shape index (κ3) is 5.46. The molecule has 198 valence electrons. The number of aromatic nitrogens is 1. The van der Waals surface area contributed by atoms with Crippen molar-refractivity contribution in [1.29, 1.82) is 0 Å². The first-order chi connectivity index (χ1) is 18.9. The van der Waals surface area contributed by atoms with Gasteiger partial charge in [-0.15, -0.1) is 0 Å². The van der Waals surface area contributed by atoms with Crippen molar-refractivity contribution >= 4 is 44.9 Å². The van der Waals surface area contributed by atoms with Crippen LogP contribution in [0.25, 0.3) is 6.08 Å². The van der Waals surface area contributed by atoms with Gasteiger partial charge in [-0.05, 0) is 73.5 Å². The Morgan fingerprint density at radius 3 is 2.51 bits per heavy atom. The molecule has 39 heavy (non-hydrogen) atoms. The highest BCUT2D eigenvalue weighted by Gasteiger charge is 2.32. The summed E-state index contributed by atoms with van der Waals surface area (Å²) in [5.74, 6) is 1.08. The van der Waals surface area contributed by atoms with Crippen LogP contribution in [0, 0.1) is 0 Å². The van der Waals surface area contributed by atoms with E-state index in [1.54, 1.807) is 18.6 Å². The molecule has 4 aromatic rings. The van der Waals surface area contributed by atoms with Crippen molar-refractivity contribution in [2.45, 2.75) is 19.9 Å². The van der Waals surface area contributed by atoms with Crippen LogP contribution in [0.15, 0.2) is 98.3 Å². The quantitative estimate of drug-likeness (QED) is 0.321. The monoisotopic (exact) mass is 603 g/mol. The number of nitrogens with one attached hydrogen (secondary N) is 1. The Morgan fingerprint density at radius 1 is 1.10 bits per heavy atom. The largest absolute Gasteiger partial charge is 0.497 e. The average Bonchev–Trinajstić information content (AvgIpc) is 3.24. The lowest BCUT2D eigenvalue weighted by molar-refractivity contribution is -0.113. The number of carbonyl (C=O) groups is 1. The minimum atomic E-state index is -0.670. The number of anilines is 1. The van der Waals surface area contributed by atoms with E-state index in [1.807, 2.05) is 85.8 Å². The van der Waals surface area contributed by atoms with E-state index in [-0.39, 0.29) is 11.5 Å². The van der Waals surface area contributed by atoms with Crippen molar-refractivity contribution in [2.75, 3.05) is 19.0 Å². The SMILES string of the molecule is CCOc1ccc([C@@H]2C(C(=O)Nc3ccccc3)=C(C)N=c3s/c(=C\c4cc(OC)ccc4Br)c(=O)n32)cc1. The molecule has 1 aromatic heterocycles. The predicted molar refractivity (Wildman–Crippen MR) is 157 cm³/mol. The van der Waals surface area contributed by atoms with Crippen LogP contribution in [0.1, 0.15) is 31.0 Å². The second kappa shape index (κ2) is 11.4. The molecule has 0 fully saturated rings. The van der Waals surface area contributed by atoms with Crippen LogP contribution in [0.5, 0.6) is 11.5 Å². The molecule has 0 radical (unpaired) electrons. The van der Waals surface area contributed by atoms with E-state index in [0.29, 0.717) is 44.4 Å². The maximum Gasteiger partial charge on any atom is 0.271 e. The maximum atomic E-state index is 13.9. The van der Waals surface area contributed by atoms with Gasteiger partial charge in [0.05, 0.1) is 35.6 Å². The van der Waals surface area contributed by atoms with Crippen molar-refractivity contribution in [3.63, 3.8) is 0 Å². The zero-order chi connectivity index (χ0) is 27.5. The number of carbonyl (C=O) groups excluding carboxylic acids is 1. The van der Waals surface area contributed by atoms with Gasteiger partial charge in [-0.1, -0.05) is 57.6 Å². The lowest BCUT2D eigenvalue weighted by Gasteiger charge is -2.25. The summed E-state index contributed by atoms with van der Waals surface area (Å²) in [6.45, 7) is 4.26. The number of allylic oxidation sites excluding steroid dienone is 1. The number of benzene rings is 3. The second-order valence-electron chi connectivity index (χ2n) is 8.79. The Labute approximate surface area is 237 Å². The number of amides is 1. The third-order valence-electron chi connectivity index (χ3n) is 6.29. The molecule has 0 saturated heterocycles. The number of rotatable bonds is 7. The number of fused-ring (bicyclic) bond motifs is 1. The van der Waals surface area contributed by atoms with Gasteiger partial charge < -0.3 is 14.8 Å². The van der Waals surface area contributed by atoms with Crippen LogP contribution < -0.4 is 29.7 Å². The summed E-state index contributed by atoms with van der Waals surface area (Å²) < 4.78 is 13.9. The smallest absolute Gasteiger partial charge is 0.271 e. The van der Waals surface area contributed by atoms with Crippen LogP contribution in [0.4, 0.5) is 5.69 Å². The molecule has 2 heterocycles. The fourth-order valence-electron chi connectivity index (χ4n) is 4.46. The highest BCUT2D eigenvalue weighted by Crippen LogP contribution is 2.32. The first-order valence-corrected chi connectivity index (χ1v) is 14.0. The molecule has 0 saturated carbocycles. The number of ether oxygens (including phenoxy) is 2. The number of hydrogen-bond acceptors (Lipinski definition) is 6. The van der Waals surface area contributed by atoms with Crippen LogP contribution in [0.2, 0.25) is 0 Å². The summed E-state index contributed by atoms with van der Waals surface area (Å²) in [6, 6.07) is 21.6. The van der Waals surface area contributed by atoms with Crippen LogP contribution >= 0.6 is 27.3 Å². The molecular weight excluding hydrogens is 578 g/mol. The molecular formula is C30H26BrN3O4S. The van der Waals surface area contributed by atoms with Gasteiger partial charge in [-0.25, -0.2) is 4.99 Å². The van der Waals surface area contributed by atoms with E-state index in [9.17, 15) is 9.59 Å². The van der Waals surface area contributed by atoms with Gasteiger partial charge in [0, 0.05) is 10.2 Å². The van der Waals surface area contributed by atoms with Gasteiger partial charge in [-0.2, -0.15) is 0 Å². The summed E-state index contributed by atoms with van der Waals surface area (Å²) >= 11 is 4.85. The number of para-hydroxylation sites is 1. The summed E-state index contributed by atoms with van der Waals surface area (Å²) in [5.41, 5.74) is 2.97. The fourth-order valence-corrected chi connectivity index (χ4v) is 5.86. The standard InChI is InChI=1S/C30H26BrN3O4S/c1-4-38-22-12-10-19(11-13-22)27-26(28(35)33-21-8-6-5-7-9-21)18(2)32-30-34(27)29(36)25(39-30)17-20-16-23(37-3)14-15-24(20)31/h5-17,27H,4H2,1-3H3,(H,33,35)/b25-17-/t27-/m1/s1. The van der Waals surface area contributed by atoms with E-state index in [4.69, 9.17) is 14.5 Å². The first-order valence-electron chi connectivity index (χ1n) is 12.3. The molecule has 1 N–H and O–H groups in total. The predicted octanol–water partition coefficient (Wildman–Crippen LogP) is 5.04. The van der Waals surface area contributed by atoms with Crippen molar-refractivity contribution in [1.82, 2.24) is 4.57 Å². The molecule has 1 amide bonds. The topological polar surface area (TPSA) is 81.9 Å². The van der Waals surface area contributed by atoms with E-state index < -0.39 is 6.04 Å². The molecule has 1 atom stereocenters. The molecule has 1 aliphatic heterocycles. The Kier molecular flexibility index (Phi) is 7.81. The zero-order valence-corrected chi connectivity index (χ0v) is 24.0. The van der Waals surface area contributed by atoms with Gasteiger partial charge >= 0.3 is 0 Å². The normalized spacial score (nSPS) is 15.0. The second-order valence-corrected chi connectivity index (χ2v) is 10.7. The summed E-state index contributed by atoms with van der Waals surface area (Å²) in [7, 11) is 1.60. The molecule has 0 aliphatic carbocycles. The lowest BCUT2D eigenvalue weighted by Crippen LogP contribution is -2.40. The zero-order valence-electron chi connectivity index (χ0n) is 21.6. The summed E-state index contributed by atoms with van der Waals surface area (Å²) in [4.78, 5) is 32.8. The molecule has 0 bridgehead atoms. The highest BCUT2D eigenvalue weighted by molar-refractivity contribution is 9.10.